The van der Waals surface area contributed by atoms with Crippen molar-refractivity contribution in [3.05, 3.63) is 65.9 Å². The molecule has 1 unspecified atom stereocenters. The number of pyridine rings is 1. The van der Waals surface area contributed by atoms with Crippen molar-refractivity contribution in [2.24, 2.45) is 5.73 Å². The van der Waals surface area contributed by atoms with E-state index in [1.54, 1.807) is 19.1 Å². The number of rotatable bonds is 5. The molecule has 3 N–H and O–H groups in total. The minimum absolute atomic E-state index is 0.153. The zero-order valence-corrected chi connectivity index (χ0v) is 14.0. The van der Waals surface area contributed by atoms with Gasteiger partial charge < -0.3 is 15.8 Å². The van der Waals surface area contributed by atoms with Crippen LogP contribution in [0.25, 0.3) is 10.9 Å². The van der Waals surface area contributed by atoms with Crippen LogP contribution in [0.5, 0.6) is 5.75 Å². The first-order valence-electron chi connectivity index (χ1n) is 8.04. The van der Waals surface area contributed by atoms with Crippen molar-refractivity contribution in [3.63, 3.8) is 0 Å². The van der Waals surface area contributed by atoms with Crippen LogP contribution in [0, 0.1) is 6.92 Å². The van der Waals surface area contributed by atoms with Gasteiger partial charge >= 0.3 is 6.36 Å². The third-order valence-corrected chi connectivity index (χ3v) is 3.90. The third-order valence-electron chi connectivity index (χ3n) is 3.90. The first kappa shape index (κ1) is 18.0. The summed E-state index contributed by atoms with van der Waals surface area (Å²) < 4.78 is 42.0. The maximum absolute atomic E-state index is 12.6. The molecule has 0 fully saturated rings. The lowest BCUT2D eigenvalue weighted by molar-refractivity contribution is -0.274. The van der Waals surface area contributed by atoms with Crippen molar-refractivity contribution >= 4 is 16.6 Å². The van der Waals surface area contributed by atoms with Gasteiger partial charge in [0, 0.05) is 29.4 Å². The number of nitrogens with zero attached hydrogens (tertiary/aromatic N) is 1. The molecule has 26 heavy (non-hydrogen) atoms. The lowest BCUT2D eigenvalue weighted by atomic mass is 10.1. The molecule has 0 aliphatic carbocycles. The highest BCUT2D eigenvalue weighted by atomic mass is 19.4. The highest BCUT2D eigenvalue weighted by Gasteiger charge is 2.32. The van der Waals surface area contributed by atoms with Gasteiger partial charge in [0.25, 0.3) is 0 Å². The fourth-order valence-electron chi connectivity index (χ4n) is 2.74. The van der Waals surface area contributed by atoms with Crippen molar-refractivity contribution < 1.29 is 17.9 Å². The van der Waals surface area contributed by atoms with Crippen LogP contribution in [-0.4, -0.2) is 17.9 Å². The van der Waals surface area contributed by atoms with E-state index in [-0.39, 0.29) is 17.3 Å². The maximum atomic E-state index is 12.6. The van der Waals surface area contributed by atoms with E-state index < -0.39 is 6.36 Å². The van der Waals surface area contributed by atoms with Crippen LogP contribution in [0.2, 0.25) is 0 Å². The predicted molar refractivity (Wildman–Crippen MR) is 95.0 cm³/mol. The summed E-state index contributed by atoms with van der Waals surface area (Å²) in [5.41, 5.74) is 8.54. The Balaban J connectivity index is 1.90. The van der Waals surface area contributed by atoms with Crippen molar-refractivity contribution in [1.29, 1.82) is 0 Å². The Bertz CT molecular complexity index is 898. The molecule has 4 nitrogen and oxygen atoms in total. The number of ether oxygens (including phenoxy) is 1. The average molecular weight is 361 g/mol. The molecule has 136 valence electrons. The van der Waals surface area contributed by atoms with Gasteiger partial charge in [-0.25, -0.2) is 4.98 Å². The summed E-state index contributed by atoms with van der Waals surface area (Å²) in [6, 6.07) is 15.5. The largest absolute Gasteiger partial charge is 0.573 e. The molecule has 0 radical (unpaired) electrons. The van der Waals surface area contributed by atoms with Crippen molar-refractivity contribution in [1.82, 2.24) is 4.98 Å². The van der Waals surface area contributed by atoms with Crippen molar-refractivity contribution in [2.45, 2.75) is 19.3 Å². The van der Waals surface area contributed by atoms with Gasteiger partial charge in [0.05, 0.1) is 0 Å². The Morgan fingerprint density at radius 3 is 2.54 bits per heavy atom. The second-order valence-corrected chi connectivity index (χ2v) is 5.91. The van der Waals surface area contributed by atoms with Crippen molar-refractivity contribution in [3.8, 4) is 5.75 Å². The van der Waals surface area contributed by atoms with Gasteiger partial charge in [-0.05, 0) is 24.6 Å². The van der Waals surface area contributed by atoms with Gasteiger partial charge in [0.1, 0.15) is 5.52 Å². The Morgan fingerprint density at radius 2 is 1.85 bits per heavy atom. The molecular weight excluding hydrogens is 343 g/mol. The molecule has 0 saturated carbocycles. The van der Waals surface area contributed by atoms with Gasteiger partial charge in [0.15, 0.2) is 5.75 Å². The smallest absolute Gasteiger partial charge is 0.403 e. The van der Waals surface area contributed by atoms with Gasteiger partial charge in [-0.1, -0.05) is 42.5 Å². The van der Waals surface area contributed by atoms with Crippen LogP contribution >= 0.6 is 0 Å². The Kier molecular flexibility index (Phi) is 4.99. The second-order valence-electron chi connectivity index (χ2n) is 5.91. The number of hydrogen-bond acceptors (Lipinski definition) is 4. The fourth-order valence-corrected chi connectivity index (χ4v) is 2.74. The number of nitrogens with two attached hydrogens (primary N) is 1. The summed E-state index contributed by atoms with van der Waals surface area (Å²) in [6.45, 7) is 2.14. The van der Waals surface area contributed by atoms with E-state index in [1.165, 1.54) is 12.1 Å². The molecule has 1 heterocycles. The van der Waals surface area contributed by atoms with Gasteiger partial charge in [0.2, 0.25) is 0 Å². The van der Waals surface area contributed by atoms with E-state index >= 15 is 0 Å². The average Bonchev–Trinajstić information content (AvgIpc) is 2.59. The number of anilines is 1. The lowest BCUT2D eigenvalue weighted by Gasteiger charge is -2.17. The molecule has 1 aromatic heterocycles. The lowest BCUT2D eigenvalue weighted by Crippen LogP contribution is -2.21. The number of aromatic nitrogens is 1. The molecule has 0 bridgehead atoms. The van der Waals surface area contributed by atoms with Crippen molar-refractivity contribution in [2.75, 3.05) is 11.9 Å². The number of benzene rings is 2. The maximum Gasteiger partial charge on any atom is 0.573 e. The summed E-state index contributed by atoms with van der Waals surface area (Å²) in [4.78, 5) is 4.21. The Hall–Kier alpha value is -2.80. The summed E-state index contributed by atoms with van der Waals surface area (Å²) in [5.74, 6) is -0.325. The van der Waals surface area contributed by atoms with E-state index in [2.05, 4.69) is 15.0 Å². The van der Waals surface area contributed by atoms with Crippen LogP contribution in [-0.2, 0) is 0 Å². The number of aryl methyl sites for hydroxylation is 1. The number of halogens is 3. The van der Waals surface area contributed by atoms with Crippen LogP contribution in [0.1, 0.15) is 17.3 Å². The van der Waals surface area contributed by atoms with Crippen LogP contribution in [0.15, 0.2) is 54.6 Å². The number of alkyl halides is 3. The summed E-state index contributed by atoms with van der Waals surface area (Å²) >= 11 is 0. The first-order valence-corrected chi connectivity index (χ1v) is 8.04. The molecule has 0 aliphatic heterocycles. The molecule has 0 aliphatic rings. The summed E-state index contributed by atoms with van der Waals surface area (Å²) in [7, 11) is 0. The predicted octanol–water partition coefficient (Wildman–Crippen LogP) is 4.55. The SMILES string of the molecule is Cc1cc(NCC(N)c2ccccc2)c2cccc(OC(F)(F)F)c2n1. The highest BCUT2D eigenvalue weighted by Crippen LogP contribution is 2.33. The van der Waals surface area contributed by atoms with Crippen LogP contribution in [0.4, 0.5) is 18.9 Å². The molecule has 1 atom stereocenters. The zero-order valence-electron chi connectivity index (χ0n) is 14.0. The number of fused-ring (bicyclic) bond motifs is 1. The van der Waals surface area contributed by atoms with E-state index in [9.17, 15) is 13.2 Å². The highest BCUT2D eigenvalue weighted by molar-refractivity contribution is 5.95. The minimum Gasteiger partial charge on any atom is -0.403 e. The summed E-state index contributed by atoms with van der Waals surface area (Å²) in [5, 5.41) is 3.75. The Morgan fingerprint density at radius 1 is 1.12 bits per heavy atom. The fraction of sp³-hybridized carbons (Fsp3) is 0.211. The molecule has 7 heteroatoms. The zero-order chi connectivity index (χ0) is 18.7. The van der Waals surface area contributed by atoms with E-state index in [1.807, 2.05) is 30.3 Å². The van der Waals surface area contributed by atoms with Crippen LogP contribution < -0.4 is 15.8 Å². The number of hydrogen-bond donors (Lipinski definition) is 2. The minimum atomic E-state index is -4.77. The molecule has 0 amide bonds. The quantitative estimate of drug-likeness (QED) is 0.700. The van der Waals surface area contributed by atoms with E-state index in [0.29, 0.717) is 23.3 Å². The van der Waals surface area contributed by atoms with Gasteiger partial charge in [-0.2, -0.15) is 0 Å². The monoisotopic (exact) mass is 361 g/mol. The topological polar surface area (TPSA) is 60.2 Å². The standard InChI is InChI=1S/C19H18F3N3O/c1-12-10-16(24-11-15(23)13-6-3-2-4-7-13)14-8-5-9-17(18(14)25-12)26-19(20,21)22/h2-10,15H,11,23H2,1H3,(H,24,25). The third kappa shape index (κ3) is 4.23. The number of nitrogens with one attached hydrogen (secondary N) is 1. The molecule has 2 aromatic carbocycles. The van der Waals surface area contributed by atoms with Crippen LogP contribution in [0.3, 0.4) is 0 Å². The van der Waals surface area contributed by atoms with Gasteiger partial charge in [-0.3, -0.25) is 0 Å². The Labute approximate surface area is 148 Å². The molecule has 3 aromatic rings. The number of para-hydroxylation sites is 1. The molecular formula is C19H18F3N3O. The molecule has 0 saturated heterocycles. The molecule has 3 rings (SSSR count). The first-order chi connectivity index (χ1) is 12.3. The van der Waals surface area contributed by atoms with E-state index in [4.69, 9.17) is 5.73 Å². The normalized spacial score (nSPS) is 12.8. The van der Waals surface area contributed by atoms with E-state index in [0.717, 1.165) is 5.56 Å². The second kappa shape index (κ2) is 7.21. The molecule has 0 spiro atoms. The van der Waals surface area contributed by atoms with Gasteiger partial charge in [-0.15, -0.1) is 13.2 Å². The summed E-state index contributed by atoms with van der Waals surface area (Å²) in [6.07, 6.45) is -4.77.